The predicted octanol–water partition coefficient (Wildman–Crippen LogP) is 3.53. The Morgan fingerprint density at radius 2 is 1.55 bits per heavy atom. The number of rotatable bonds is 10. The first-order chi connectivity index (χ1) is 15.3. The summed E-state index contributed by atoms with van der Waals surface area (Å²) in [5.74, 6) is 0.465. The molecule has 7 nitrogen and oxygen atoms in total. The van der Waals surface area contributed by atoms with Crippen molar-refractivity contribution in [2.75, 3.05) is 13.1 Å². The lowest BCUT2D eigenvalue weighted by Gasteiger charge is -2.19. The zero-order chi connectivity index (χ0) is 23.5. The van der Waals surface area contributed by atoms with E-state index in [2.05, 4.69) is 66.0 Å². The van der Waals surface area contributed by atoms with Gasteiger partial charge < -0.3 is 21.7 Å². The number of guanidine groups is 1. The van der Waals surface area contributed by atoms with Gasteiger partial charge >= 0.3 is 0 Å². The Bertz CT molecular complexity index is 911. The van der Waals surface area contributed by atoms with E-state index in [4.69, 9.17) is 5.73 Å². The lowest BCUT2D eigenvalue weighted by molar-refractivity contribution is -0.117. The number of amides is 2. The molecule has 180 valence electrons. The second-order valence-electron chi connectivity index (χ2n) is 8.25. The molecule has 2 aromatic rings. The molecule has 5 N–H and O–H groups in total. The molecule has 0 fully saturated rings. The zero-order valence-corrected chi connectivity index (χ0v) is 22.2. The summed E-state index contributed by atoms with van der Waals surface area (Å²) in [5, 5.41) is 9.20. The van der Waals surface area contributed by atoms with Crippen LogP contribution in [0, 0.1) is 5.92 Å². The maximum Gasteiger partial charge on any atom is 0.251 e. The highest BCUT2D eigenvalue weighted by Gasteiger charge is 2.09. The minimum Gasteiger partial charge on any atom is -0.368 e. The van der Waals surface area contributed by atoms with Gasteiger partial charge in [0.15, 0.2) is 5.96 Å². The van der Waals surface area contributed by atoms with Gasteiger partial charge in [-0.15, -0.1) is 24.0 Å². The molecule has 0 radical (unpaired) electrons. The van der Waals surface area contributed by atoms with Gasteiger partial charge in [-0.2, -0.15) is 0 Å². The van der Waals surface area contributed by atoms with Crippen molar-refractivity contribution in [2.45, 2.75) is 46.7 Å². The summed E-state index contributed by atoms with van der Waals surface area (Å²) in [6.45, 7) is 9.64. The number of hydrogen-bond acceptors (Lipinski definition) is 3. The van der Waals surface area contributed by atoms with Crippen molar-refractivity contribution in [3.8, 4) is 0 Å². The molecule has 0 aliphatic rings. The van der Waals surface area contributed by atoms with Crippen LogP contribution in [-0.2, 0) is 17.8 Å². The monoisotopic (exact) mass is 565 g/mol. The molecule has 2 aromatic carbocycles. The lowest BCUT2D eigenvalue weighted by atomic mass is 10.00. The van der Waals surface area contributed by atoms with Crippen LogP contribution in [0.25, 0.3) is 0 Å². The Kier molecular flexibility index (Phi) is 12.5. The van der Waals surface area contributed by atoms with Gasteiger partial charge in [0.1, 0.15) is 0 Å². The van der Waals surface area contributed by atoms with E-state index >= 15 is 0 Å². The van der Waals surface area contributed by atoms with Crippen LogP contribution < -0.4 is 21.7 Å². The van der Waals surface area contributed by atoms with E-state index in [1.165, 1.54) is 11.1 Å². The fourth-order valence-corrected chi connectivity index (χ4v) is 3.22. The van der Waals surface area contributed by atoms with Crippen molar-refractivity contribution in [3.05, 3.63) is 70.8 Å². The summed E-state index contributed by atoms with van der Waals surface area (Å²) >= 11 is 0. The Morgan fingerprint density at radius 3 is 2.09 bits per heavy atom. The number of carbonyl (C=O) groups is 2. The van der Waals surface area contributed by atoms with Crippen LogP contribution in [0.4, 0.5) is 0 Å². The van der Waals surface area contributed by atoms with E-state index < -0.39 is 5.91 Å². The second kappa shape index (κ2) is 14.5. The quantitative estimate of drug-likeness (QED) is 0.201. The van der Waals surface area contributed by atoms with Crippen LogP contribution in [0.1, 0.15) is 60.8 Å². The SMILES string of the molecule is CCNC(=NCc1ccc(C(=O)NCC(N)=O)cc1)NC(C)c1ccc(CC(C)C)cc1.I. The molecule has 0 aliphatic heterocycles. The number of nitrogens with zero attached hydrogens (tertiary/aromatic N) is 1. The molecule has 1 unspecified atom stereocenters. The number of aliphatic imine (C=N–C) groups is 1. The van der Waals surface area contributed by atoms with E-state index in [1.54, 1.807) is 12.1 Å². The van der Waals surface area contributed by atoms with Crippen LogP contribution in [0.5, 0.6) is 0 Å². The molecule has 0 bridgehead atoms. The number of hydrogen-bond donors (Lipinski definition) is 4. The molecular formula is C25H36IN5O2. The first-order valence-electron chi connectivity index (χ1n) is 11.1. The second-order valence-corrected chi connectivity index (χ2v) is 8.25. The number of primary amides is 1. The number of nitrogens with one attached hydrogen (secondary N) is 3. The molecule has 8 heteroatoms. The van der Waals surface area contributed by atoms with Crippen molar-refractivity contribution < 1.29 is 9.59 Å². The average Bonchev–Trinajstić information content (AvgIpc) is 2.76. The molecule has 33 heavy (non-hydrogen) atoms. The normalized spacial score (nSPS) is 12.0. The predicted molar refractivity (Wildman–Crippen MR) is 145 cm³/mol. The molecule has 0 heterocycles. The van der Waals surface area contributed by atoms with E-state index in [0.717, 1.165) is 24.5 Å². The van der Waals surface area contributed by atoms with E-state index in [-0.39, 0.29) is 42.5 Å². The summed E-state index contributed by atoms with van der Waals surface area (Å²) in [6, 6.07) is 16.0. The minimum absolute atomic E-state index is 0. The third-order valence-corrected chi connectivity index (χ3v) is 4.88. The molecule has 0 aliphatic carbocycles. The first-order valence-corrected chi connectivity index (χ1v) is 11.1. The third-order valence-electron chi connectivity index (χ3n) is 4.88. The summed E-state index contributed by atoms with van der Waals surface area (Å²) in [5.41, 5.74) is 9.05. The van der Waals surface area contributed by atoms with Crippen molar-refractivity contribution in [1.82, 2.24) is 16.0 Å². The van der Waals surface area contributed by atoms with E-state index in [1.807, 2.05) is 19.1 Å². The molecule has 0 spiro atoms. The van der Waals surface area contributed by atoms with Crippen LogP contribution >= 0.6 is 24.0 Å². The van der Waals surface area contributed by atoms with Crippen molar-refractivity contribution in [1.29, 1.82) is 0 Å². The summed E-state index contributed by atoms with van der Waals surface area (Å²) in [7, 11) is 0. The zero-order valence-electron chi connectivity index (χ0n) is 19.9. The van der Waals surface area contributed by atoms with Gasteiger partial charge in [-0.1, -0.05) is 50.2 Å². The van der Waals surface area contributed by atoms with Crippen molar-refractivity contribution in [2.24, 2.45) is 16.6 Å². The van der Waals surface area contributed by atoms with Crippen molar-refractivity contribution in [3.63, 3.8) is 0 Å². The largest absolute Gasteiger partial charge is 0.368 e. The summed E-state index contributed by atoms with van der Waals surface area (Å²) in [4.78, 5) is 27.4. The fraction of sp³-hybridized carbons (Fsp3) is 0.400. The molecule has 1 atom stereocenters. The van der Waals surface area contributed by atoms with Crippen molar-refractivity contribution >= 4 is 41.8 Å². The minimum atomic E-state index is -0.575. The number of halogens is 1. The molecule has 0 saturated heterocycles. The van der Waals surface area contributed by atoms with Gasteiger partial charge in [0, 0.05) is 12.1 Å². The molecule has 2 amide bonds. The van der Waals surface area contributed by atoms with Gasteiger partial charge in [0.2, 0.25) is 5.91 Å². The Hall–Kier alpha value is -2.62. The summed E-state index contributed by atoms with van der Waals surface area (Å²) in [6.07, 6.45) is 1.08. The fourth-order valence-electron chi connectivity index (χ4n) is 3.22. The maximum atomic E-state index is 12.0. The smallest absolute Gasteiger partial charge is 0.251 e. The highest BCUT2D eigenvalue weighted by atomic mass is 127. The van der Waals surface area contributed by atoms with Crippen LogP contribution in [0.3, 0.4) is 0 Å². The van der Waals surface area contributed by atoms with Gasteiger partial charge in [-0.25, -0.2) is 4.99 Å². The maximum absolute atomic E-state index is 12.0. The van der Waals surface area contributed by atoms with E-state index in [0.29, 0.717) is 18.0 Å². The van der Waals surface area contributed by atoms with Crippen LogP contribution in [0.2, 0.25) is 0 Å². The first kappa shape index (κ1) is 28.4. The standard InChI is InChI=1S/C25H35N5O2.HI/c1-5-27-25(30-18(4)21-10-6-19(7-11-21)14-17(2)3)29-15-20-8-12-22(13-9-20)24(32)28-16-23(26)31;/h6-13,17-18H,5,14-16H2,1-4H3,(H2,26,31)(H,28,32)(H2,27,29,30);1H. The molecule has 0 aromatic heterocycles. The number of carbonyl (C=O) groups excluding carboxylic acids is 2. The van der Waals surface area contributed by atoms with Gasteiger partial charge in [0.25, 0.3) is 5.91 Å². The van der Waals surface area contributed by atoms with Crippen LogP contribution in [0.15, 0.2) is 53.5 Å². The third kappa shape index (κ3) is 10.2. The molecule has 0 saturated carbocycles. The number of nitrogens with two attached hydrogens (primary N) is 1. The highest BCUT2D eigenvalue weighted by Crippen LogP contribution is 2.15. The molecular weight excluding hydrogens is 529 g/mol. The van der Waals surface area contributed by atoms with Gasteiger partial charge in [-0.3, -0.25) is 9.59 Å². The highest BCUT2D eigenvalue weighted by molar-refractivity contribution is 14.0. The Balaban J connectivity index is 0.00000544. The van der Waals surface area contributed by atoms with E-state index in [9.17, 15) is 9.59 Å². The number of benzene rings is 2. The summed E-state index contributed by atoms with van der Waals surface area (Å²) < 4.78 is 0. The Labute approximate surface area is 214 Å². The topological polar surface area (TPSA) is 109 Å². The van der Waals surface area contributed by atoms with Crippen LogP contribution in [-0.4, -0.2) is 30.9 Å². The molecule has 2 rings (SSSR count). The van der Waals surface area contributed by atoms with Gasteiger partial charge in [0.05, 0.1) is 19.1 Å². The van der Waals surface area contributed by atoms with Gasteiger partial charge in [-0.05, 0) is 55.0 Å². The lowest BCUT2D eigenvalue weighted by Crippen LogP contribution is -2.38. The Morgan fingerprint density at radius 1 is 0.939 bits per heavy atom. The average molecular weight is 566 g/mol.